The molecule has 2 aromatic rings. The van der Waals surface area contributed by atoms with Gasteiger partial charge in [0, 0.05) is 19.0 Å². The van der Waals surface area contributed by atoms with Crippen LogP contribution in [0.25, 0.3) is 11.0 Å². The maximum atomic E-state index is 13.5. The molecule has 0 fully saturated rings. The van der Waals surface area contributed by atoms with E-state index < -0.39 is 0 Å². The Labute approximate surface area is 126 Å². The van der Waals surface area contributed by atoms with Crippen LogP contribution in [0.15, 0.2) is 18.2 Å². The van der Waals surface area contributed by atoms with Crippen LogP contribution >= 0.6 is 0 Å². The predicted octanol–water partition coefficient (Wildman–Crippen LogP) is 3.89. The molecule has 1 atom stereocenters. The second-order valence-corrected chi connectivity index (χ2v) is 7.04. The first-order valence-corrected chi connectivity index (χ1v) is 7.70. The number of imidazole rings is 1. The highest BCUT2D eigenvalue weighted by Gasteiger charge is 2.19. The van der Waals surface area contributed by atoms with E-state index in [9.17, 15) is 4.39 Å². The molecule has 0 aliphatic heterocycles. The number of hydrogen-bond acceptors (Lipinski definition) is 2. The van der Waals surface area contributed by atoms with Crippen molar-refractivity contribution in [3.8, 4) is 0 Å². The van der Waals surface area contributed by atoms with Crippen molar-refractivity contribution in [1.29, 1.82) is 0 Å². The van der Waals surface area contributed by atoms with Gasteiger partial charge >= 0.3 is 0 Å². The Morgan fingerprint density at radius 2 is 2.05 bits per heavy atom. The summed E-state index contributed by atoms with van der Waals surface area (Å²) in [6.07, 6.45) is 2.66. The highest BCUT2D eigenvalue weighted by molar-refractivity contribution is 5.76. The molecule has 3 nitrogen and oxygen atoms in total. The second-order valence-electron chi connectivity index (χ2n) is 7.04. The number of nitrogens with two attached hydrogens (primary N) is 1. The zero-order valence-electron chi connectivity index (χ0n) is 13.5. The summed E-state index contributed by atoms with van der Waals surface area (Å²) in [4.78, 5) is 4.66. The molecular formula is C17H26FN3. The zero-order chi connectivity index (χ0) is 15.6. The normalized spacial score (nSPS) is 13.8. The van der Waals surface area contributed by atoms with Crippen molar-refractivity contribution in [2.24, 2.45) is 11.1 Å². The Balaban J connectivity index is 2.32. The number of aryl methyl sites for hydroxylation is 1. The smallest absolute Gasteiger partial charge is 0.125 e. The Hall–Kier alpha value is -1.42. The van der Waals surface area contributed by atoms with Crippen LogP contribution in [0, 0.1) is 11.2 Å². The lowest BCUT2D eigenvalue weighted by molar-refractivity contribution is 0.335. The number of nitrogens with zero attached hydrogens (tertiary/aromatic N) is 2. The van der Waals surface area contributed by atoms with Crippen molar-refractivity contribution >= 4 is 11.0 Å². The Kier molecular flexibility index (Phi) is 4.67. The van der Waals surface area contributed by atoms with E-state index in [1.165, 1.54) is 6.07 Å². The van der Waals surface area contributed by atoms with Crippen LogP contribution in [-0.4, -0.2) is 15.6 Å². The summed E-state index contributed by atoms with van der Waals surface area (Å²) >= 11 is 0. The zero-order valence-corrected chi connectivity index (χ0v) is 13.5. The van der Waals surface area contributed by atoms with Crippen LogP contribution < -0.4 is 5.73 Å². The summed E-state index contributed by atoms with van der Waals surface area (Å²) in [5, 5.41) is 0. The van der Waals surface area contributed by atoms with E-state index in [1.54, 1.807) is 12.1 Å². The van der Waals surface area contributed by atoms with Gasteiger partial charge in [-0.15, -0.1) is 0 Å². The summed E-state index contributed by atoms with van der Waals surface area (Å²) in [5.41, 5.74) is 8.20. The third kappa shape index (κ3) is 4.03. The average molecular weight is 291 g/mol. The lowest BCUT2D eigenvalue weighted by Crippen LogP contribution is -2.29. The average Bonchev–Trinajstić information content (AvgIpc) is 2.65. The largest absolute Gasteiger partial charge is 0.328 e. The van der Waals surface area contributed by atoms with E-state index in [-0.39, 0.29) is 17.3 Å². The highest BCUT2D eigenvalue weighted by Crippen LogP contribution is 2.23. The minimum atomic E-state index is -0.217. The number of benzene rings is 1. The standard InChI is InChI=1S/C17H26FN3/c1-5-8-21-15-9-12(18)6-7-14(15)20-16(21)10-13(19)11-17(2,3)4/h6-7,9,13H,5,8,10-11,19H2,1-4H3. The monoisotopic (exact) mass is 291 g/mol. The van der Waals surface area contributed by atoms with Crippen LogP contribution in [0.5, 0.6) is 0 Å². The molecule has 21 heavy (non-hydrogen) atoms. The van der Waals surface area contributed by atoms with E-state index in [4.69, 9.17) is 5.73 Å². The van der Waals surface area contributed by atoms with E-state index >= 15 is 0 Å². The quantitative estimate of drug-likeness (QED) is 0.908. The highest BCUT2D eigenvalue weighted by atomic mass is 19.1. The van der Waals surface area contributed by atoms with E-state index in [0.717, 1.165) is 42.7 Å². The van der Waals surface area contributed by atoms with Gasteiger partial charge in [0.1, 0.15) is 11.6 Å². The lowest BCUT2D eigenvalue weighted by Gasteiger charge is -2.23. The Morgan fingerprint density at radius 1 is 1.33 bits per heavy atom. The molecule has 116 valence electrons. The molecule has 0 saturated heterocycles. The van der Waals surface area contributed by atoms with Gasteiger partial charge in [0.2, 0.25) is 0 Å². The maximum Gasteiger partial charge on any atom is 0.125 e. The molecule has 0 aliphatic rings. The van der Waals surface area contributed by atoms with Gasteiger partial charge in [-0.3, -0.25) is 0 Å². The summed E-state index contributed by atoms with van der Waals surface area (Å²) < 4.78 is 15.6. The minimum Gasteiger partial charge on any atom is -0.328 e. The van der Waals surface area contributed by atoms with E-state index in [1.807, 2.05) is 0 Å². The molecule has 0 amide bonds. The fourth-order valence-corrected chi connectivity index (χ4v) is 2.87. The summed E-state index contributed by atoms with van der Waals surface area (Å²) in [6.45, 7) is 9.54. The minimum absolute atomic E-state index is 0.0715. The van der Waals surface area contributed by atoms with Crippen molar-refractivity contribution < 1.29 is 4.39 Å². The third-order valence-electron chi connectivity index (χ3n) is 3.56. The number of aromatic nitrogens is 2. The SMILES string of the molecule is CCCn1c(CC(N)CC(C)(C)C)nc2ccc(F)cc21. The maximum absolute atomic E-state index is 13.5. The van der Waals surface area contributed by atoms with Gasteiger partial charge in [0.15, 0.2) is 0 Å². The molecule has 0 saturated carbocycles. The molecule has 0 spiro atoms. The predicted molar refractivity (Wildman–Crippen MR) is 85.7 cm³/mol. The van der Waals surface area contributed by atoms with Crippen LogP contribution in [0.4, 0.5) is 4.39 Å². The van der Waals surface area contributed by atoms with Crippen LogP contribution in [-0.2, 0) is 13.0 Å². The van der Waals surface area contributed by atoms with Gasteiger partial charge in [-0.25, -0.2) is 9.37 Å². The van der Waals surface area contributed by atoms with Crippen molar-refractivity contribution in [3.63, 3.8) is 0 Å². The van der Waals surface area contributed by atoms with Gasteiger partial charge < -0.3 is 10.3 Å². The second kappa shape index (κ2) is 6.14. The fourth-order valence-electron chi connectivity index (χ4n) is 2.87. The first kappa shape index (κ1) is 16.0. The molecule has 2 N–H and O–H groups in total. The number of rotatable bonds is 5. The molecule has 0 bridgehead atoms. The van der Waals surface area contributed by atoms with Gasteiger partial charge in [0.05, 0.1) is 11.0 Å². The molecule has 2 rings (SSSR count). The van der Waals surface area contributed by atoms with Crippen molar-refractivity contribution in [2.45, 2.75) is 59.5 Å². The van der Waals surface area contributed by atoms with Gasteiger partial charge in [0.25, 0.3) is 0 Å². The summed E-state index contributed by atoms with van der Waals surface area (Å²) in [7, 11) is 0. The van der Waals surface area contributed by atoms with Crippen LogP contribution in [0.2, 0.25) is 0 Å². The molecule has 1 heterocycles. The van der Waals surface area contributed by atoms with Crippen LogP contribution in [0.3, 0.4) is 0 Å². The van der Waals surface area contributed by atoms with Crippen molar-refractivity contribution in [3.05, 3.63) is 29.8 Å². The van der Waals surface area contributed by atoms with E-state index in [0.29, 0.717) is 0 Å². The fraction of sp³-hybridized carbons (Fsp3) is 0.588. The van der Waals surface area contributed by atoms with E-state index in [2.05, 4.69) is 37.2 Å². The topological polar surface area (TPSA) is 43.8 Å². The number of halogens is 1. The molecule has 0 radical (unpaired) electrons. The van der Waals surface area contributed by atoms with Gasteiger partial charge in [-0.2, -0.15) is 0 Å². The molecule has 1 unspecified atom stereocenters. The molecule has 0 aliphatic carbocycles. The Morgan fingerprint density at radius 3 is 2.67 bits per heavy atom. The van der Waals surface area contributed by atoms with Crippen LogP contribution in [0.1, 0.15) is 46.4 Å². The third-order valence-corrected chi connectivity index (χ3v) is 3.56. The molecular weight excluding hydrogens is 265 g/mol. The Bertz CT molecular complexity index is 610. The van der Waals surface area contributed by atoms with Gasteiger partial charge in [-0.05, 0) is 36.5 Å². The lowest BCUT2D eigenvalue weighted by atomic mass is 9.87. The number of hydrogen-bond donors (Lipinski definition) is 1. The van der Waals surface area contributed by atoms with Crippen molar-refractivity contribution in [2.75, 3.05) is 0 Å². The first-order valence-electron chi connectivity index (χ1n) is 7.70. The molecule has 1 aromatic carbocycles. The first-order chi connectivity index (χ1) is 9.80. The van der Waals surface area contributed by atoms with Crippen molar-refractivity contribution in [1.82, 2.24) is 9.55 Å². The number of fused-ring (bicyclic) bond motifs is 1. The van der Waals surface area contributed by atoms with Gasteiger partial charge in [-0.1, -0.05) is 27.7 Å². The molecule has 1 aromatic heterocycles. The summed E-state index contributed by atoms with van der Waals surface area (Å²) in [6, 6.07) is 4.85. The summed E-state index contributed by atoms with van der Waals surface area (Å²) in [5.74, 6) is 0.750. The molecule has 4 heteroatoms.